The molecule has 84 valence electrons. The fraction of sp³-hybridized carbons (Fsp3) is 0.455. The summed E-state index contributed by atoms with van der Waals surface area (Å²) in [5.74, 6) is 0.714. The third kappa shape index (κ3) is 5.26. The van der Waals surface area contributed by atoms with Crippen LogP contribution in [0.2, 0.25) is 10.0 Å². The Morgan fingerprint density at radius 1 is 1.13 bits per heavy atom. The van der Waals surface area contributed by atoms with Crippen LogP contribution in [0.15, 0.2) is 18.2 Å². The summed E-state index contributed by atoms with van der Waals surface area (Å²) < 4.78 is 5.48. The topological polar surface area (TPSA) is 21.3 Å². The van der Waals surface area contributed by atoms with Crippen LogP contribution in [-0.4, -0.2) is 19.7 Å². The lowest BCUT2D eigenvalue weighted by Crippen LogP contribution is -2.21. The first kappa shape index (κ1) is 12.6. The van der Waals surface area contributed by atoms with Gasteiger partial charge >= 0.3 is 0 Å². The molecule has 1 aromatic rings. The van der Waals surface area contributed by atoms with Crippen molar-refractivity contribution in [2.75, 3.05) is 19.7 Å². The van der Waals surface area contributed by atoms with E-state index in [2.05, 4.69) is 12.2 Å². The van der Waals surface area contributed by atoms with Crippen molar-refractivity contribution in [2.24, 2.45) is 0 Å². The maximum atomic E-state index is 5.83. The third-order valence-electron chi connectivity index (χ3n) is 1.81. The van der Waals surface area contributed by atoms with Crippen molar-refractivity contribution in [1.29, 1.82) is 0 Å². The van der Waals surface area contributed by atoms with Crippen molar-refractivity contribution < 1.29 is 4.74 Å². The highest BCUT2D eigenvalue weighted by Gasteiger charge is 1.98. The average molecular weight is 248 g/mol. The Hall–Kier alpha value is -0.440. The number of hydrogen-bond acceptors (Lipinski definition) is 2. The van der Waals surface area contributed by atoms with E-state index in [1.807, 2.05) is 0 Å². The Labute approximate surface area is 101 Å². The summed E-state index contributed by atoms with van der Waals surface area (Å²) in [5, 5.41) is 4.44. The van der Waals surface area contributed by atoms with E-state index < -0.39 is 0 Å². The van der Waals surface area contributed by atoms with Gasteiger partial charge in [-0.2, -0.15) is 0 Å². The summed E-state index contributed by atoms with van der Waals surface area (Å²) >= 11 is 11.7. The molecule has 0 unspecified atom stereocenters. The molecule has 0 heterocycles. The van der Waals surface area contributed by atoms with Gasteiger partial charge in [0.1, 0.15) is 12.4 Å². The van der Waals surface area contributed by atoms with Crippen molar-refractivity contribution in [3.63, 3.8) is 0 Å². The van der Waals surface area contributed by atoms with Crippen molar-refractivity contribution in [2.45, 2.75) is 13.3 Å². The molecule has 15 heavy (non-hydrogen) atoms. The van der Waals surface area contributed by atoms with Crippen LogP contribution >= 0.6 is 23.2 Å². The minimum atomic E-state index is 0.596. The van der Waals surface area contributed by atoms with Gasteiger partial charge in [0.15, 0.2) is 0 Å². The third-order valence-corrected chi connectivity index (χ3v) is 2.25. The van der Waals surface area contributed by atoms with Gasteiger partial charge in [0.05, 0.1) is 0 Å². The molecule has 0 saturated heterocycles. The second-order valence-corrected chi connectivity index (χ2v) is 4.08. The van der Waals surface area contributed by atoms with Crippen LogP contribution in [0.25, 0.3) is 0 Å². The van der Waals surface area contributed by atoms with Gasteiger partial charge in [-0.15, -0.1) is 0 Å². The maximum Gasteiger partial charge on any atom is 0.122 e. The van der Waals surface area contributed by atoms with Gasteiger partial charge in [-0.3, -0.25) is 0 Å². The van der Waals surface area contributed by atoms with E-state index in [0.717, 1.165) is 19.5 Å². The number of hydrogen-bond donors (Lipinski definition) is 1. The van der Waals surface area contributed by atoms with Crippen molar-refractivity contribution in [3.05, 3.63) is 28.2 Å². The first-order valence-electron chi connectivity index (χ1n) is 5.02. The highest BCUT2D eigenvalue weighted by molar-refractivity contribution is 6.34. The summed E-state index contributed by atoms with van der Waals surface area (Å²) in [6.45, 7) is 4.60. The Balaban J connectivity index is 2.31. The van der Waals surface area contributed by atoms with Gasteiger partial charge in [-0.05, 0) is 31.2 Å². The molecular formula is C11H15Cl2NO. The van der Waals surface area contributed by atoms with E-state index in [1.54, 1.807) is 18.2 Å². The monoisotopic (exact) mass is 247 g/mol. The van der Waals surface area contributed by atoms with Crippen LogP contribution in [0, 0.1) is 0 Å². The van der Waals surface area contributed by atoms with Gasteiger partial charge in [0.2, 0.25) is 0 Å². The van der Waals surface area contributed by atoms with Gasteiger partial charge in [-0.1, -0.05) is 30.1 Å². The maximum absolute atomic E-state index is 5.83. The van der Waals surface area contributed by atoms with Crippen LogP contribution in [0.4, 0.5) is 0 Å². The molecule has 0 saturated carbocycles. The Morgan fingerprint density at radius 3 is 2.40 bits per heavy atom. The first-order chi connectivity index (χ1) is 7.22. The summed E-state index contributed by atoms with van der Waals surface area (Å²) in [4.78, 5) is 0. The zero-order valence-corrected chi connectivity index (χ0v) is 10.2. The first-order valence-corrected chi connectivity index (χ1v) is 5.77. The van der Waals surface area contributed by atoms with E-state index in [-0.39, 0.29) is 0 Å². The van der Waals surface area contributed by atoms with Crippen LogP contribution in [-0.2, 0) is 0 Å². The Kier molecular flexibility index (Phi) is 5.84. The highest BCUT2D eigenvalue weighted by atomic mass is 35.5. The molecule has 4 heteroatoms. The lowest BCUT2D eigenvalue weighted by molar-refractivity contribution is 0.314. The van der Waals surface area contributed by atoms with Crippen LogP contribution in [0.3, 0.4) is 0 Å². The molecule has 0 amide bonds. The fourth-order valence-corrected chi connectivity index (χ4v) is 1.66. The van der Waals surface area contributed by atoms with Gasteiger partial charge < -0.3 is 10.1 Å². The molecule has 1 rings (SSSR count). The lowest BCUT2D eigenvalue weighted by Gasteiger charge is -2.07. The van der Waals surface area contributed by atoms with Crippen molar-refractivity contribution in [1.82, 2.24) is 5.32 Å². The minimum absolute atomic E-state index is 0.596. The minimum Gasteiger partial charge on any atom is -0.492 e. The van der Waals surface area contributed by atoms with E-state index >= 15 is 0 Å². The lowest BCUT2D eigenvalue weighted by atomic mass is 10.3. The molecule has 0 spiro atoms. The van der Waals surface area contributed by atoms with Gasteiger partial charge in [0, 0.05) is 16.6 Å². The molecule has 0 radical (unpaired) electrons. The zero-order valence-electron chi connectivity index (χ0n) is 8.72. The molecule has 2 nitrogen and oxygen atoms in total. The summed E-state index contributed by atoms with van der Waals surface area (Å²) in [6.07, 6.45) is 1.13. The van der Waals surface area contributed by atoms with E-state index in [1.165, 1.54) is 0 Å². The summed E-state index contributed by atoms with van der Waals surface area (Å²) in [6, 6.07) is 5.20. The second kappa shape index (κ2) is 6.94. The summed E-state index contributed by atoms with van der Waals surface area (Å²) in [5.41, 5.74) is 0. The smallest absolute Gasteiger partial charge is 0.122 e. The van der Waals surface area contributed by atoms with Crippen LogP contribution in [0.1, 0.15) is 13.3 Å². The molecule has 0 aliphatic carbocycles. The molecule has 0 aliphatic heterocycles. The summed E-state index contributed by atoms with van der Waals surface area (Å²) in [7, 11) is 0. The van der Waals surface area contributed by atoms with Gasteiger partial charge in [0.25, 0.3) is 0 Å². The number of benzene rings is 1. The second-order valence-electron chi connectivity index (χ2n) is 3.20. The predicted octanol–water partition coefficient (Wildman–Crippen LogP) is 3.37. The number of halogens is 2. The molecule has 0 fully saturated rings. The highest BCUT2D eigenvalue weighted by Crippen LogP contribution is 2.23. The SMILES string of the molecule is CCCNCCOc1cc(Cl)cc(Cl)c1. The quantitative estimate of drug-likeness (QED) is 0.779. The molecular weight excluding hydrogens is 233 g/mol. The average Bonchev–Trinajstić information content (AvgIpc) is 2.16. The van der Waals surface area contributed by atoms with E-state index in [9.17, 15) is 0 Å². The molecule has 0 atom stereocenters. The Bertz CT molecular complexity index is 284. The largest absolute Gasteiger partial charge is 0.492 e. The number of nitrogens with one attached hydrogen (secondary N) is 1. The van der Waals surface area contributed by atoms with Crippen LogP contribution in [0.5, 0.6) is 5.75 Å². The number of ether oxygens (including phenoxy) is 1. The Morgan fingerprint density at radius 2 is 1.80 bits per heavy atom. The van der Waals surface area contributed by atoms with E-state index in [4.69, 9.17) is 27.9 Å². The molecule has 1 N–H and O–H groups in total. The molecule has 1 aromatic carbocycles. The normalized spacial score (nSPS) is 10.3. The van der Waals surface area contributed by atoms with E-state index in [0.29, 0.717) is 22.4 Å². The molecule has 0 bridgehead atoms. The van der Waals surface area contributed by atoms with Gasteiger partial charge in [-0.25, -0.2) is 0 Å². The standard InChI is InChI=1S/C11H15Cl2NO/c1-2-3-14-4-5-15-11-7-9(12)6-10(13)8-11/h6-8,14H,2-5H2,1H3. The molecule has 0 aromatic heterocycles. The molecule has 0 aliphatic rings. The number of rotatable bonds is 6. The fourth-order valence-electron chi connectivity index (χ4n) is 1.15. The van der Waals surface area contributed by atoms with Crippen LogP contribution < -0.4 is 10.1 Å². The predicted molar refractivity (Wildman–Crippen MR) is 65.1 cm³/mol. The zero-order chi connectivity index (χ0) is 11.1. The van der Waals surface area contributed by atoms with Crippen molar-refractivity contribution in [3.8, 4) is 5.75 Å². The van der Waals surface area contributed by atoms with Crippen molar-refractivity contribution >= 4 is 23.2 Å².